The molecule has 1 N–H and O–H groups in total. The standard InChI is InChI=1S/C15H18N2O3/c18-13-7-2-1-5-11(13)9-15-16-14(17-20-15)10-12-6-3-4-8-19-12/h1-2,5,7,12,18H,3-4,6,8-10H2. The molecule has 106 valence electrons. The average molecular weight is 274 g/mol. The van der Waals surface area contributed by atoms with Gasteiger partial charge in [-0.25, -0.2) is 0 Å². The first-order valence-corrected chi connectivity index (χ1v) is 7.01. The van der Waals surface area contributed by atoms with E-state index in [0.717, 1.165) is 25.0 Å². The number of hydrogen-bond donors (Lipinski definition) is 1. The number of para-hydroxylation sites is 1. The van der Waals surface area contributed by atoms with Crippen LogP contribution in [-0.2, 0) is 17.6 Å². The van der Waals surface area contributed by atoms with Crippen LogP contribution in [0.5, 0.6) is 5.75 Å². The van der Waals surface area contributed by atoms with Crippen molar-refractivity contribution in [2.24, 2.45) is 0 Å². The molecule has 0 spiro atoms. The van der Waals surface area contributed by atoms with Crippen molar-refractivity contribution in [2.75, 3.05) is 6.61 Å². The van der Waals surface area contributed by atoms with Crippen LogP contribution in [0.2, 0.25) is 0 Å². The third-order valence-electron chi connectivity index (χ3n) is 3.53. The first-order valence-electron chi connectivity index (χ1n) is 7.01. The summed E-state index contributed by atoms with van der Waals surface area (Å²) >= 11 is 0. The minimum absolute atomic E-state index is 0.208. The maximum Gasteiger partial charge on any atom is 0.231 e. The van der Waals surface area contributed by atoms with Crippen LogP contribution in [0.3, 0.4) is 0 Å². The third kappa shape index (κ3) is 3.17. The molecule has 20 heavy (non-hydrogen) atoms. The molecule has 1 aromatic heterocycles. The zero-order chi connectivity index (χ0) is 13.8. The first-order chi connectivity index (χ1) is 9.81. The van der Waals surface area contributed by atoms with Crippen molar-refractivity contribution in [3.05, 3.63) is 41.5 Å². The summed E-state index contributed by atoms with van der Waals surface area (Å²) in [7, 11) is 0. The molecule has 3 rings (SSSR count). The fourth-order valence-electron chi connectivity index (χ4n) is 2.44. The van der Waals surface area contributed by atoms with Crippen molar-refractivity contribution < 1.29 is 14.4 Å². The molecule has 5 heteroatoms. The monoisotopic (exact) mass is 274 g/mol. The highest BCUT2D eigenvalue weighted by Gasteiger charge is 2.18. The van der Waals surface area contributed by atoms with Gasteiger partial charge in [0.15, 0.2) is 5.82 Å². The Morgan fingerprint density at radius 2 is 2.15 bits per heavy atom. The van der Waals surface area contributed by atoms with Gasteiger partial charge in [0.2, 0.25) is 5.89 Å². The molecule has 0 bridgehead atoms. The number of aromatic nitrogens is 2. The van der Waals surface area contributed by atoms with E-state index < -0.39 is 0 Å². The highest BCUT2D eigenvalue weighted by Crippen LogP contribution is 2.20. The zero-order valence-corrected chi connectivity index (χ0v) is 11.3. The van der Waals surface area contributed by atoms with Crippen LogP contribution >= 0.6 is 0 Å². The Balaban J connectivity index is 1.63. The lowest BCUT2D eigenvalue weighted by molar-refractivity contribution is 0.0153. The highest BCUT2D eigenvalue weighted by atomic mass is 16.5. The fourth-order valence-corrected chi connectivity index (χ4v) is 2.44. The smallest absolute Gasteiger partial charge is 0.231 e. The summed E-state index contributed by atoms with van der Waals surface area (Å²) in [6.07, 6.45) is 4.76. The van der Waals surface area contributed by atoms with Gasteiger partial charge in [0.25, 0.3) is 0 Å². The molecule has 1 fully saturated rings. The molecular weight excluding hydrogens is 256 g/mol. The first kappa shape index (κ1) is 13.1. The number of rotatable bonds is 4. The average Bonchev–Trinajstić information content (AvgIpc) is 2.90. The Morgan fingerprint density at radius 3 is 2.95 bits per heavy atom. The second-order valence-corrected chi connectivity index (χ2v) is 5.10. The van der Waals surface area contributed by atoms with Gasteiger partial charge in [-0.2, -0.15) is 4.98 Å². The second kappa shape index (κ2) is 6.05. The molecule has 5 nitrogen and oxygen atoms in total. The molecule has 1 aliphatic rings. The summed E-state index contributed by atoms with van der Waals surface area (Å²) in [6, 6.07) is 7.17. The summed E-state index contributed by atoms with van der Waals surface area (Å²) in [5.74, 6) is 1.46. The van der Waals surface area contributed by atoms with Crippen molar-refractivity contribution in [1.82, 2.24) is 10.1 Å². The van der Waals surface area contributed by atoms with Gasteiger partial charge in [-0.05, 0) is 25.3 Å². The molecule has 1 aliphatic heterocycles. The lowest BCUT2D eigenvalue weighted by Crippen LogP contribution is -2.21. The predicted molar refractivity (Wildman–Crippen MR) is 72.5 cm³/mol. The van der Waals surface area contributed by atoms with Crippen molar-refractivity contribution >= 4 is 0 Å². The molecule has 1 saturated heterocycles. The molecule has 2 aromatic rings. The summed E-state index contributed by atoms with van der Waals surface area (Å²) < 4.78 is 10.9. The van der Waals surface area contributed by atoms with Crippen LogP contribution in [0.4, 0.5) is 0 Å². The van der Waals surface area contributed by atoms with E-state index in [1.807, 2.05) is 12.1 Å². The SMILES string of the molecule is Oc1ccccc1Cc1nc(CC2CCCCO2)no1. The Bertz CT molecular complexity index is 562. The van der Waals surface area contributed by atoms with Crippen LogP contribution in [-0.4, -0.2) is 28.0 Å². The van der Waals surface area contributed by atoms with Crippen LogP contribution in [0, 0.1) is 0 Å². The lowest BCUT2D eigenvalue weighted by Gasteiger charge is -2.20. The van der Waals surface area contributed by atoms with Gasteiger partial charge in [-0.15, -0.1) is 0 Å². The van der Waals surface area contributed by atoms with Crippen molar-refractivity contribution in [2.45, 2.75) is 38.2 Å². The normalized spacial score (nSPS) is 19.1. The number of phenolic OH excluding ortho intramolecular Hbond substituents is 1. The van der Waals surface area contributed by atoms with Gasteiger partial charge in [-0.3, -0.25) is 0 Å². The van der Waals surface area contributed by atoms with E-state index >= 15 is 0 Å². The Morgan fingerprint density at radius 1 is 1.25 bits per heavy atom. The molecule has 2 heterocycles. The van der Waals surface area contributed by atoms with Crippen LogP contribution < -0.4 is 0 Å². The van der Waals surface area contributed by atoms with Crippen LogP contribution in [0.15, 0.2) is 28.8 Å². The largest absolute Gasteiger partial charge is 0.508 e. The molecule has 0 aliphatic carbocycles. The van der Waals surface area contributed by atoms with Gasteiger partial charge in [0.05, 0.1) is 12.5 Å². The minimum Gasteiger partial charge on any atom is -0.508 e. The Hall–Kier alpha value is -1.88. The summed E-state index contributed by atoms with van der Waals surface area (Å²) in [6.45, 7) is 0.827. The van der Waals surface area contributed by atoms with Crippen LogP contribution in [0.25, 0.3) is 0 Å². The number of hydrogen-bond acceptors (Lipinski definition) is 5. The molecule has 1 aromatic carbocycles. The van der Waals surface area contributed by atoms with Gasteiger partial charge in [0.1, 0.15) is 5.75 Å². The molecule has 0 saturated carbocycles. The fraction of sp³-hybridized carbons (Fsp3) is 0.467. The van der Waals surface area contributed by atoms with Gasteiger partial charge in [-0.1, -0.05) is 23.4 Å². The van der Waals surface area contributed by atoms with E-state index in [1.165, 1.54) is 6.42 Å². The Kier molecular flexibility index (Phi) is 3.97. The summed E-state index contributed by atoms with van der Waals surface area (Å²) in [5.41, 5.74) is 0.789. The van der Waals surface area contributed by atoms with E-state index in [9.17, 15) is 5.11 Å². The van der Waals surface area contributed by atoms with Gasteiger partial charge in [0, 0.05) is 18.6 Å². The maximum absolute atomic E-state index is 9.73. The Labute approximate surface area is 117 Å². The van der Waals surface area contributed by atoms with E-state index in [2.05, 4.69) is 10.1 Å². The number of aromatic hydroxyl groups is 1. The summed E-state index contributed by atoms with van der Waals surface area (Å²) in [5, 5.41) is 13.7. The molecule has 1 unspecified atom stereocenters. The summed E-state index contributed by atoms with van der Waals surface area (Å²) in [4.78, 5) is 4.37. The van der Waals surface area contributed by atoms with E-state index in [4.69, 9.17) is 9.26 Å². The molecule has 0 amide bonds. The quantitative estimate of drug-likeness (QED) is 0.927. The number of ether oxygens (including phenoxy) is 1. The number of phenols is 1. The van der Waals surface area contributed by atoms with Crippen molar-refractivity contribution in [1.29, 1.82) is 0 Å². The van der Waals surface area contributed by atoms with E-state index in [1.54, 1.807) is 12.1 Å². The number of benzene rings is 1. The van der Waals surface area contributed by atoms with Gasteiger partial charge >= 0.3 is 0 Å². The molecule has 0 radical (unpaired) electrons. The number of nitrogens with zero attached hydrogens (tertiary/aromatic N) is 2. The molecular formula is C15H18N2O3. The van der Waals surface area contributed by atoms with Crippen molar-refractivity contribution in [3.8, 4) is 5.75 Å². The predicted octanol–water partition coefficient (Wildman–Crippen LogP) is 2.48. The maximum atomic E-state index is 9.73. The van der Waals surface area contributed by atoms with E-state index in [-0.39, 0.29) is 11.9 Å². The second-order valence-electron chi connectivity index (χ2n) is 5.10. The minimum atomic E-state index is 0.208. The highest BCUT2D eigenvalue weighted by molar-refractivity contribution is 5.33. The van der Waals surface area contributed by atoms with Gasteiger partial charge < -0.3 is 14.4 Å². The zero-order valence-electron chi connectivity index (χ0n) is 11.3. The van der Waals surface area contributed by atoms with Crippen LogP contribution in [0.1, 0.15) is 36.5 Å². The topological polar surface area (TPSA) is 68.4 Å². The van der Waals surface area contributed by atoms with Crippen molar-refractivity contribution in [3.63, 3.8) is 0 Å². The third-order valence-corrected chi connectivity index (χ3v) is 3.53. The van der Waals surface area contributed by atoms with E-state index in [0.29, 0.717) is 24.6 Å². The molecule has 1 atom stereocenters. The lowest BCUT2D eigenvalue weighted by atomic mass is 10.1.